The van der Waals surface area contributed by atoms with Crippen LogP contribution in [0.5, 0.6) is 5.75 Å². The molecule has 0 bridgehead atoms. The van der Waals surface area contributed by atoms with Gasteiger partial charge in [-0.25, -0.2) is 14.8 Å². The average molecular weight is 374 g/mol. The lowest BCUT2D eigenvalue weighted by Gasteiger charge is -2.21. The number of amides is 1. The molecule has 0 atom stereocenters. The number of hydrogen-bond donors (Lipinski definition) is 1. The van der Waals surface area contributed by atoms with Gasteiger partial charge in [-0.3, -0.25) is 0 Å². The summed E-state index contributed by atoms with van der Waals surface area (Å²) in [4.78, 5) is 19.6. The summed E-state index contributed by atoms with van der Waals surface area (Å²) in [7, 11) is 0. The molecule has 0 aliphatic carbocycles. The zero-order valence-corrected chi connectivity index (χ0v) is 14.4. The van der Waals surface area contributed by atoms with Crippen LogP contribution < -0.4 is 10.1 Å². The standard InChI is InChI=1S/C16H15ClF3N3O2/c1-15(2,3)23-14(24)25-12-6-9(16(18,19)20)4-5-10(12)11-7-13(17)22-8-21-11/h4-8H,1-3H3,(H,23,24). The molecule has 0 radical (unpaired) electrons. The molecule has 0 saturated heterocycles. The molecule has 2 aromatic rings. The maximum atomic E-state index is 13.0. The third-order valence-electron chi connectivity index (χ3n) is 2.90. The Morgan fingerprint density at radius 3 is 2.40 bits per heavy atom. The van der Waals surface area contributed by atoms with Crippen molar-refractivity contribution in [3.63, 3.8) is 0 Å². The van der Waals surface area contributed by atoms with Crippen LogP contribution in [0.4, 0.5) is 18.0 Å². The Morgan fingerprint density at radius 2 is 1.84 bits per heavy atom. The van der Waals surface area contributed by atoms with E-state index in [2.05, 4.69) is 15.3 Å². The highest BCUT2D eigenvalue weighted by molar-refractivity contribution is 6.29. The summed E-state index contributed by atoms with van der Waals surface area (Å²) in [5.41, 5.74) is -1.15. The first-order valence-corrected chi connectivity index (χ1v) is 7.53. The summed E-state index contributed by atoms with van der Waals surface area (Å²) in [6.45, 7) is 5.14. The Balaban J connectivity index is 2.47. The molecule has 0 fully saturated rings. The van der Waals surface area contributed by atoms with Crippen molar-refractivity contribution in [2.45, 2.75) is 32.5 Å². The number of rotatable bonds is 2. The van der Waals surface area contributed by atoms with Crippen LogP contribution in [-0.2, 0) is 6.18 Å². The van der Waals surface area contributed by atoms with E-state index in [4.69, 9.17) is 16.3 Å². The van der Waals surface area contributed by atoms with E-state index in [0.717, 1.165) is 18.5 Å². The van der Waals surface area contributed by atoms with Crippen LogP contribution >= 0.6 is 11.6 Å². The van der Waals surface area contributed by atoms with E-state index in [-0.39, 0.29) is 22.2 Å². The zero-order chi connectivity index (χ0) is 18.8. The first-order valence-electron chi connectivity index (χ1n) is 7.15. The Bertz CT molecular complexity index is 789. The minimum atomic E-state index is -4.58. The Labute approximate surface area is 147 Å². The number of hydrogen-bond acceptors (Lipinski definition) is 4. The predicted octanol–water partition coefficient (Wildman–Crippen LogP) is 4.70. The summed E-state index contributed by atoms with van der Waals surface area (Å²) in [6, 6.07) is 4.15. The molecule has 0 saturated carbocycles. The third-order valence-corrected chi connectivity index (χ3v) is 3.11. The number of nitrogens with one attached hydrogen (secondary N) is 1. The van der Waals surface area contributed by atoms with Crippen molar-refractivity contribution in [3.05, 3.63) is 41.3 Å². The Kier molecular flexibility index (Phi) is 5.22. The van der Waals surface area contributed by atoms with Gasteiger partial charge in [0, 0.05) is 17.2 Å². The van der Waals surface area contributed by atoms with Gasteiger partial charge in [0.2, 0.25) is 0 Å². The van der Waals surface area contributed by atoms with Crippen LogP contribution in [0.3, 0.4) is 0 Å². The molecule has 9 heteroatoms. The van der Waals surface area contributed by atoms with E-state index in [9.17, 15) is 18.0 Å². The Hall–Kier alpha value is -2.35. The molecule has 1 heterocycles. The molecule has 0 aliphatic heterocycles. The topological polar surface area (TPSA) is 64.1 Å². The van der Waals surface area contributed by atoms with E-state index in [1.807, 2.05) is 0 Å². The molecule has 134 valence electrons. The van der Waals surface area contributed by atoms with Gasteiger partial charge in [0.25, 0.3) is 0 Å². The largest absolute Gasteiger partial charge is 0.416 e. The summed E-state index contributed by atoms with van der Waals surface area (Å²) < 4.78 is 44.0. The van der Waals surface area contributed by atoms with E-state index in [1.165, 1.54) is 12.1 Å². The summed E-state index contributed by atoms with van der Waals surface area (Å²) in [6.07, 6.45) is -4.30. The molecule has 1 N–H and O–H groups in total. The fraction of sp³-hybridized carbons (Fsp3) is 0.312. The fourth-order valence-electron chi connectivity index (χ4n) is 1.91. The number of carbonyl (C=O) groups excluding carboxylic acids is 1. The van der Waals surface area contributed by atoms with E-state index < -0.39 is 23.4 Å². The number of halogens is 4. The lowest BCUT2D eigenvalue weighted by molar-refractivity contribution is -0.137. The van der Waals surface area contributed by atoms with E-state index >= 15 is 0 Å². The van der Waals surface area contributed by atoms with Crippen LogP contribution in [0.25, 0.3) is 11.3 Å². The molecule has 1 aromatic heterocycles. The zero-order valence-electron chi connectivity index (χ0n) is 13.6. The van der Waals surface area contributed by atoms with Gasteiger partial charge in [-0.1, -0.05) is 11.6 Å². The third kappa shape index (κ3) is 5.32. The number of alkyl halides is 3. The van der Waals surface area contributed by atoms with Crippen molar-refractivity contribution in [3.8, 4) is 17.0 Å². The van der Waals surface area contributed by atoms with Gasteiger partial charge in [-0.05, 0) is 39.0 Å². The van der Waals surface area contributed by atoms with Gasteiger partial charge in [-0.15, -0.1) is 0 Å². The normalized spacial score (nSPS) is 12.0. The summed E-state index contributed by atoms with van der Waals surface area (Å²) >= 11 is 5.79. The lowest BCUT2D eigenvalue weighted by Crippen LogP contribution is -2.42. The molecule has 25 heavy (non-hydrogen) atoms. The highest BCUT2D eigenvalue weighted by atomic mass is 35.5. The highest BCUT2D eigenvalue weighted by Gasteiger charge is 2.32. The van der Waals surface area contributed by atoms with Crippen LogP contribution in [-0.4, -0.2) is 21.6 Å². The Morgan fingerprint density at radius 1 is 1.16 bits per heavy atom. The van der Waals surface area contributed by atoms with E-state index in [0.29, 0.717) is 0 Å². The molecule has 2 rings (SSSR count). The maximum Gasteiger partial charge on any atom is 0.416 e. The van der Waals surface area contributed by atoms with Crippen molar-refractivity contribution < 1.29 is 22.7 Å². The fourth-order valence-corrected chi connectivity index (χ4v) is 2.05. The van der Waals surface area contributed by atoms with Gasteiger partial charge in [0.05, 0.1) is 11.3 Å². The highest BCUT2D eigenvalue weighted by Crippen LogP contribution is 2.37. The number of ether oxygens (including phenoxy) is 1. The van der Waals surface area contributed by atoms with Gasteiger partial charge in [-0.2, -0.15) is 13.2 Å². The molecular weight excluding hydrogens is 359 g/mol. The predicted molar refractivity (Wildman–Crippen MR) is 86.4 cm³/mol. The van der Waals surface area contributed by atoms with Crippen molar-refractivity contribution in [2.75, 3.05) is 0 Å². The molecule has 5 nitrogen and oxygen atoms in total. The minimum absolute atomic E-state index is 0.106. The average Bonchev–Trinajstić information content (AvgIpc) is 2.44. The van der Waals surface area contributed by atoms with E-state index in [1.54, 1.807) is 20.8 Å². The first kappa shape index (κ1) is 19.0. The maximum absolute atomic E-state index is 13.0. The van der Waals surface area contributed by atoms with Crippen molar-refractivity contribution in [1.29, 1.82) is 0 Å². The molecule has 1 aromatic carbocycles. The van der Waals surface area contributed by atoms with Gasteiger partial charge in [0.15, 0.2) is 0 Å². The van der Waals surface area contributed by atoms with Crippen molar-refractivity contribution >= 4 is 17.7 Å². The minimum Gasteiger partial charge on any atom is -0.410 e. The number of benzene rings is 1. The SMILES string of the molecule is CC(C)(C)NC(=O)Oc1cc(C(F)(F)F)ccc1-c1cc(Cl)ncn1. The number of nitrogens with zero attached hydrogens (tertiary/aromatic N) is 2. The first-order chi connectivity index (χ1) is 11.5. The van der Waals surface area contributed by atoms with Crippen molar-refractivity contribution in [1.82, 2.24) is 15.3 Å². The van der Waals surface area contributed by atoms with Crippen LogP contribution in [0, 0.1) is 0 Å². The smallest absolute Gasteiger partial charge is 0.410 e. The second-order valence-corrected chi connectivity index (χ2v) is 6.59. The van der Waals surface area contributed by atoms with Crippen LogP contribution in [0.2, 0.25) is 5.15 Å². The summed E-state index contributed by atoms with van der Waals surface area (Å²) in [5.74, 6) is -0.286. The monoisotopic (exact) mass is 373 g/mol. The van der Waals surface area contributed by atoms with Gasteiger partial charge < -0.3 is 10.1 Å². The second-order valence-electron chi connectivity index (χ2n) is 6.20. The number of carbonyl (C=O) groups is 1. The molecule has 0 unspecified atom stereocenters. The molecule has 1 amide bonds. The van der Waals surface area contributed by atoms with Crippen LogP contribution in [0.15, 0.2) is 30.6 Å². The van der Waals surface area contributed by atoms with Crippen LogP contribution in [0.1, 0.15) is 26.3 Å². The van der Waals surface area contributed by atoms with Gasteiger partial charge in [0.1, 0.15) is 17.2 Å². The second kappa shape index (κ2) is 6.87. The molecular formula is C16H15ClF3N3O2. The van der Waals surface area contributed by atoms with Crippen molar-refractivity contribution in [2.24, 2.45) is 0 Å². The summed E-state index contributed by atoms with van der Waals surface area (Å²) in [5, 5.41) is 2.62. The molecule has 0 aliphatic rings. The van der Waals surface area contributed by atoms with Gasteiger partial charge >= 0.3 is 12.3 Å². The number of aromatic nitrogens is 2. The quantitative estimate of drug-likeness (QED) is 0.775. The molecule has 0 spiro atoms. The lowest BCUT2D eigenvalue weighted by atomic mass is 10.1.